The third-order valence-corrected chi connectivity index (χ3v) is 5.72. The average molecular weight is 455 g/mol. The minimum atomic E-state index is -0.433. The number of hydrogen-bond acceptors (Lipinski definition) is 5. The van der Waals surface area contributed by atoms with Crippen molar-refractivity contribution in [3.63, 3.8) is 0 Å². The fourth-order valence-electron chi connectivity index (χ4n) is 4.00. The predicted octanol–water partition coefficient (Wildman–Crippen LogP) is 6.11. The number of nitrogens with one attached hydrogen (secondary N) is 1. The van der Waals surface area contributed by atoms with Crippen molar-refractivity contribution in [2.24, 2.45) is 5.92 Å². The molecule has 1 aromatic heterocycles. The molecule has 0 radical (unpaired) electrons. The second-order valence-electron chi connectivity index (χ2n) is 9.88. The van der Waals surface area contributed by atoms with Crippen molar-refractivity contribution in [2.45, 2.75) is 71.6 Å². The summed E-state index contributed by atoms with van der Waals surface area (Å²) in [4.78, 5) is 29.6. The lowest BCUT2D eigenvalue weighted by atomic mass is 9.85. The van der Waals surface area contributed by atoms with E-state index in [1.807, 2.05) is 18.2 Å². The molecule has 2 aromatic rings. The second-order valence-corrected chi connectivity index (χ2v) is 9.88. The summed E-state index contributed by atoms with van der Waals surface area (Å²) in [6.45, 7) is 10.6. The topological polar surface area (TPSA) is 77.5 Å². The van der Waals surface area contributed by atoms with E-state index in [-0.39, 0.29) is 17.2 Å². The zero-order chi connectivity index (χ0) is 24.6. The number of amides is 1. The summed E-state index contributed by atoms with van der Waals surface area (Å²) in [5.74, 6) is 0.600. The first-order chi connectivity index (χ1) is 15.6. The Labute approximate surface area is 198 Å². The Morgan fingerprint density at radius 1 is 1.09 bits per heavy atom. The molecule has 33 heavy (non-hydrogen) atoms. The van der Waals surface area contributed by atoms with Crippen LogP contribution < -0.4 is 10.1 Å². The quantitative estimate of drug-likeness (QED) is 0.438. The van der Waals surface area contributed by atoms with Crippen LogP contribution >= 0.6 is 0 Å². The first-order valence-electron chi connectivity index (χ1n) is 11.6. The van der Waals surface area contributed by atoms with Gasteiger partial charge in [0.05, 0.1) is 19.8 Å². The molecule has 1 heterocycles. The Morgan fingerprint density at radius 2 is 1.82 bits per heavy atom. The molecule has 1 atom stereocenters. The third kappa shape index (κ3) is 7.58. The zero-order valence-corrected chi connectivity index (χ0v) is 21.0. The number of rotatable bonds is 10. The van der Waals surface area contributed by atoms with Crippen LogP contribution in [0.5, 0.6) is 5.88 Å². The van der Waals surface area contributed by atoms with Crippen molar-refractivity contribution in [3.8, 4) is 5.88 Å². The largest absolute Gasteiger partial charge is 0.481 e. The summed E-state index contributed by atoms with van der Waals surface area (Å²) in [6.07, 6.45) is 4.96. The minimum absolute atomic E-state index is 0.0192. The molecule has 0 saturated carbocycles. The van der Waals surface area contributed by atoms with Gasteiger partial charge in [-0.3, -0.25) is 4.79 Å². The van der Waals surface area contributed by atoms with Crippen LogP contribution in [0, 0.1) is 5.92 Å². The van der Waals surface area contributed by atoms with Crippen molar-refractivity contribution in [3.05, 3.63) is 53.2 Å². The monoisotopic (exact) mass is 454 g/mol. The van der Waals surface area contributed by atoms with Crippen molar-refractivity contribution < 1.29 is 19.1 Å². The average Bonchev–Trinajstić information content (AvgIpc) is 2.76. The van der Waals surface area contributed by atoms with Gasteiger partial charge in [-0.1, -0.05) is 59.6 Å². The SMILES string of the molecule is COC(=O)c1ccc(C(C)(C)C)c(NC(=O)CC(CCCC(C)C)c2cccnc2OC)c1. The lowest BCUT2D eigenvalue weighted by molar-refractivity contribution is -0.116. The van der Waals surface area contributed by atoms with E-state index in [0.29, 0.717) is 29.5 Å². The molecule has 0 aliphatic carbocycles. The molecule has 0 aliphatic heterocycles. The number of ether oxygens (including phenoxy) is 2. The van der Waals surface area contributed by atoms with Gasteiger partial charge in [0.15, 0.2) is 0 Å². The lowest BCUT2D eigenvalue weighted by Crippen LogP contribution is -2.21. The van der Waals surface area contributed by atoms with Gasteiger partial charge >= 0.3 is 5.97 Å². The van der Waals surface area contributed by atoms with Crippen molar-refractivity contribution in [1.29, 1.82) is 0 Å². The van der Waals surface area contributed by atoms with E-state index in [4.69, 9.17) is 9.47 Å². The third-order valence-electron chi connectivity index (χ3n) is 5.72. The number of methoxy groups -OCH3 is 2. The molecule has 1 aromatic carbocycles. The van der Waals surface area contributed by atoms with Crippen LogP contribution in [0.1, 0.15) is 87.7 Å². The van der Waals surface area contributed by atoms with E-state index >= 15 is 0 Å². The van der Waals surface area contributed by atoms with Gasteiger partial charge in [0.25, 0.3) is 0 Å². The second kappa shape index (κ2) is 11.8. The summed E-state index contributed by atoms with van der Waals surface area (Å²) in [6, 6.07) is 9.17. The van der Waals surface area contributed by atoms with E-state index in [1.165, 1.54) is 7.11 Å². The number of esters is 1. The maximum absolute atomic E-state index is 13.2. The fraction of sp³-hybridized carbons (Fsp3) is 0.519. The number of pyridine rings is 1. The maximum atomic E-state index is 13.2. The van der Waals surface area contributed by atoms with Crippen LogP contribution in [0.4, 0.5) is 5.69 Å². The van der Waals surface area contributed by atoms with Crippen LogP contribution in [0.3, 0.4) is 0 Å². The first-order valence-corrected chi connectivity index (χ1v) is 11.6. The summed E-state index contributed by atoms with van der Waals surface area (Å²) in [7, 11) is 2.95. The van der Waals surface area contributed by atoms with Crippen LogP contribution in [-0.4, -0.2) is 31.1 Å². The zero-order valence-electron chi connectivity index (χ0n) is 21.0. The number of anilines is 1. The van der Waals surface area contributed by atoms with E-state index < -0.39 is 5.97 Å². The van der Waals surface area contributed by atoms with E-state index in [9.17, 15) is 9.59 Å². The van der Waals surface area contributed by atoms with Gasteiger partial charge in [0.2, 0.25) is 11.8 Å². The Morgan fingerprint density at radius 3 is 2.42 bits per heavy atom. The highest BCUT2D eigenvalue weighted by Gasteiger charge is 2.24. The van der Waals surface area contributed by atoms with Gasteiger partial charge in [0, 0.05) is 23.9 Å². The number of carbonyl (C=O) groups is 2. The van der Waals surface area contributed by atoms with Gasteiger partial charge < -0.3 is 14.8 Å². The Kier molecular flexibility index (Phi) is 9.44. The van der Waals surface area contributed by atoms with E-state index in [2.05, 4.69) is 44.9 Å². The molecule has 0 spiro atoms. The van der Waals surface area contributed by atoms with Gasteiger partial charge in [-0.25, -0.2) is 9.78 Å². The number of aromatic nitrogens is 1. The smallest absolute Gasteiger partial charge is 0.337 e. The van der Waals surface area contributed by atoms with Crippen LogP contribution in [0.2, 0.25) is 0 Å². The Balaban J connectivity index is 2.31. The number of nitrogens with zero attached hydrogens (tertiary/aromatic N) is 1. The minimum Gasteiger partial charge on any atom is -0.481 e. The highest BCUT2D eigenvalue weighted by atomic mass is 16.5. The van der Waals surface area contributed by atoms with Gasteiger partial charge in [-0.05, 0) is 47.4 Å². The van der Waals surface area contributed by atoms with Crippen molar-refractivity contribution in [2.75, 3.05) is 19.5 Å². The number of benzene rings is 1. The van der Waals surface area contributed by atoms with Crippen molar-refractivity contribution >= 4 is 17.6 Å². The normalized spacial score (nSPS) is 12.4. The van der Waals surface area contributed by atoms with Crippen molar-refractivity contribution in [1.82, 2.24) is 4.98 Å². The highest BCUT2D eigenvalue weighted by molar-refractivity contribution is 5.96. The molecule has 2 rings (SSSR count). The van der Waals surface area contributed by atoms with Gasteiger partial charge in [-0.15, -0.1) is 0 Å². The standard InChI is InChI=1S/C27H38N2O4/c1-18(2)10-8-11-19(21-12-9-15-28-25(21)32-6)17-24(30)29-23-16-20(26(31)33-7)13-14-22(23)27(3,4)5/h9,12-16,18-19H,8,10-11,17H2,1-7H3,(H,29,30). The molecule has 6 nitrogen and oxygen atoms in total. The first kappa shape index (κ1) is 26.4. The summed E-state index contributed by atoms with van der Waals surface area (Å²) >= 11 is 0. The Hall–Kier alpha value is -2.89. The van der Waals surface area contributed by atoms with E-state index in [0.717, 1.165) is 30.4 Å². The molecular weight excluding hydrogens is 416 g/mol. The summed E-state index contributed by atoms with van der Waals surface area (Å²) in [5, 5.41) is 3.07. The number of carbonyl (C=O) groups excluding carboxylic acids is 2. The van der Waals surface area contributed by atoms with Gasteiger partial charge in [0.1, 0.15) is 0 Å². The maximum Gasteiger partial charge on any atom is 0.337 e. The highest BCUT2D eigenvalue weighted by Crippen LogP contribution is 2.34. The van der Waals surface area contributed by atoms with E-state index in [1.54, 1.807) is 25.4 Å². The van der Waals surface area contributed by atoms with Gasteiger partial charge in [-0.2, -0.15) is 0 Å². The Bertz CT molecular complexity index is 947. The molecular formula is C27H38N2O4. The van der Waals surface area contributed by atoms with Crippen LogP contribution in [0.15, 0.2) is 36.5 Å². The molecule has 1 N–H and O–H groups in total. The number of hydrogen-bond donors (Lipinski definition) is 1. The molecule has 0 aliphatic rings. The molecule has 1 amide bonds. The summed E-state index contributed by atoms with van der Waals surface area (Å²) < 4.78 is 10.3. The van der Waals surface area contributed by atoms with Crippen LogP contribution in [-0.2, 0) is 14.9 Å². The molecule has 0 fully saturated rings. The molecule has 1 unspecified atom stereocenters. The lowest BCUT2D eigenvalue weighted by Gasteiger charge is -2.24. The molecule has 0 saturated heterocycles. The fourth-order valence-corrected chi connectivity index (χ4v) is 4.00. The summed E-state index contributed by atoms with van der Waals surface area (Å²) in [5.41, 5.74) is 2.73. The predicted molar refractivity (Wildman–Crippen MR) is 132 cm³/mol. The molecule has 0 bridgehead atoms. The molecule has 180 valence electrons. The van der Waals surface area contributed by atoms with Crippen LogP contribution in [0.25, 0.3) is 0 Å². The molecule has 6 heteroatoms.